The van der Waals surface area contributed by atoms with E-state index >= 15 is 0 Å². The van der Waals surface area contributed by atoms with Crippen LogP contribution in [-0.4, -0.2) is 11.8 Å². The molecule has 3 aromatic carbocycles. The molecule has 2 heterocycles. The Morgan fingerprint density at radius 3 is 2.27 bits per heavy atom. The summed E-state index contributed by atoms with van der Waals surface area (Å²) < 4.78 is 0. The summed E-state index contributed by atoms with van der Waals surface area (Å²) in [5.41, 5.74) is 5.42. The van der Waals surface area contributed by atoms with Crippen molar-refractivity contribution < 1.29 is 9.59 Å². The van der Waals surface area contributed by atoms with Crippen LogP contribution in [0.5, 0.6) is 0 Å². The van der Waals surface area contributed by atoms with Crippen LogP contribution in [-0.2, 0) is 16.0 Å². The van der Waals surface area contributed by atoms with Crippen LogP contribution < -0.4 is 10.2 Å². The molecule has 3 aromatic rings. The smallest absolute Gasteiger partial charge is 0.272 e. The number of hydrogen-bond acceptors (Lipinski definition) is 4. The van der Waals surface area contributed by atoms with Gasteiger partial charge in [-0.2, -0.15) is 0 Å². The van der Waals surface area contributed by atoms with Gasteiger partial charge < -0.3 is 5.32 Å². The molecule has 0 fully saturated rings. The second-order valence-electron chi connectivity index (χ2n) is 8.71. The molecule has 0 radical (unpaired) electrons. The highest BCUT2D eigenvalue weighted by atomic mass is 32.2. The van der Waals surface area contributed by atoms with E-state index in [1.807, 2.05) is 48.5 Å². The summed E-state index contributed by atoms with van der Waals surface area (Å²) >= 11 is 1.38. The number of amides is 2. The summed E-state index contributed by atoms with van der Waals surface area (Å²) in [7, 11) is 0. The third-order valence-corrected chi connectivity index (χ3v) is 7.48. The minimum absolute atomic E-state index is 0.258. The maximum absolute atomic E-state index is 13.8. The fraction of sp³-hybridized carbons (Fsp3) is 0.214. The molecule has 0 aromatic heterocycles. The molecule has 5 heteroatoms. The van der Waals surface area contributed by atoms with Gasteiger partial charge in [0.05, 0.1) is 22.2 Å². The van der Waals surface area contributed by atoms with Crippen LogP contribution in [0.2, 0.25) is 0 Å². The molecule has 1 atom stereocenters. The minimum atomic E-state index is -0.409. The summed E-state index contributed by atoms with van der Waals surface area (Å²) in [6.07, 6.45) is 0.905. The van der Waals surface area contributed by atoms with Crippen molar-refractivity contribution in [3.8, 4) is 0 Å². The lowest BCUT2D eigenvalue weighted by atomic mass is 9.94. The highest BCUT2D eigenvalue weighted by molar-refractivity contribution is 8.04. The van der Waals surface area contributed by atoms with E-state index in [1.165, 1.54) is 27.8 Å². The molecular weight excluding hydrogens is 428 g/mol. The summed E-state index contributed by atoms with van der Waals surface area (Å²) in [6, 6.07) is 23.5. The van der Waals surface area contributed by atoms with Crippen LogP contribution in [0.1, 0.15) is 49.4 Å². The van der Waals surface area contributed by atoms with Crippen molar-refractivity contribution in [1.29, 1.82) is 0 Å². The number of benzene rings is 3. The number of thioether (sulfide) groups is 1. The molecule has 2 aliphatic heterocycles. The quantitative estimate of drug-likeness (QED) is 0.460. The lowest BCUT2D eigenvalue weighted by Crippen LogP contribution is -2.33. The van der Waals surface area contributed by atoms with Gasteiger partial charge in [0, 0.05) is 10.6 Å². The number of aryl methyl sites for hydroxylation is 1. The van der Waals surface area contributed by atoms with Crippen molar-refractivity contribution in [3.05, 3.63) is 100.0 Å². The summed E-state index contributed by atoms with van der Waals surface area (Å²) in [4.78, 5) is 30.1. The highest BCUT2D eigenvalue weighted by Crippen LogP contribution is 2.48. The summed E-state index contributed by atoms with van der Waals surface area (Å²) in [6.45, 7) is 6.40. The average Bonchev–Trinajstić information content (AvgIpc) is 2.98. The van der Waals surface area contributed by atoms with Gasteiger partial charge in [-0.3, -0.25) is 9.59 Å². The number of para-hydroxylation sites is 1. The standard InChI is InChI=1S/C28H26N2O2S/c1-4-18-9-15-21(16-10-18)30-27(31)24-25(20-13-11-19(12-14-20)17(2)3)29-22-7-5-6-8-23(22)33-26(24)28(30)32/h5-17,25,29H,4H2,1-3H3. The Hall–Kier alpha value is -3.31. The predicted octanol–water partition coefficient (Wildman–Crippen LogP) is 6.46. The zero-order valence-electron chi connectivity index (χ0n) is 19.0. The molecule has 0 aliphatic carbocycles. The van der Waals surface area contributed by atoms with Crippen molar-refractivity contribution in [3.63, 3.8) is 0 Å². The van der Waals surface area contributed by atoms with E-state index in [1.54, 1.807) is 0 Å². The first-order valence-electron chi connectivity index (χ1n) is 11.3. The van der Waals surface area contributed by atoms with Gasteiger partial charge >= 0.3 is 0 Å². The molecular formula is C28H26N2O2S. The van der Waals surface area contributed by atoms with Crippen LogP contribution in [0, 0.1) is 0 Å². The van der Waals surface area contributed by atoms with Gasteiger partial charge in [0.25, 0.3) is 11.8 Å². The van der Waals surface area contributed by atoms with Crippen LogP contribution in [0.3, 0.4) is 0 Å². The van der Waals surface area contributed by atoms with Crippen molar-refractivity contribution in [2.24, 2.45) is 0 Å². The topological polar surface area (TPSA) is 49.4 Å². The number of rotatable bonds is 4. The van der Waals surface area contributed by atoms with E-state index < -0.39 is 6.04 Å². The molecule has 2 amide bonds. The number of carbonyl (C=O) groups excluding carboxylic acids is 2. The third kappa shape index (κ3) is 3.76. The van der Waals surface area contributed by atoms with Crippen LogP contribution in [0.15, 0.2) is 88.2 Å². The van der Waals surface area contributed by atoms with Crippen LogP contribution >= 0.6 is 11.8 Å². The maximum Gasteiger partial charge on any atom is 0.272 e. The first-order chi connectivity index (χ1) is 16.0. The first kappa shape index (κ1) is 21.5. The van der Waals surface area contributed by atoms with Gasteiger partial charge in [-0.25, -0.2) is 4.90 Å². The molecule has 5 rings (SSSR count). The van der Waals surface area contributed by atoms with Gasteiger partial charge in [0.15, 0.2) is 0 Å². The number of hydrogen-bond donors (Lipinski definition) is 1. The van der Waals surface area contributed by atoms with E-state index in [0.29, 0.717) is 22.1 Å². The zero-order chi connectivity index (χ0) is 23.1. The number of nitrogens with zero attached hydrogens (tertiary/aromatic N) is 1. The van der Waals surface area contributed by atoms with Gasteiger partial charge in [-0.1, -0.05) is 81.1 Å². The van der Waals surface area contributed by atoms with E-state index in [-0.39, 0.29) is 11.8 Å². The first-order valence-corrected chi connectivity index (χ1v) is 12.1. The van der Waals surface area contributed by atoms with Crippen molar-refractivity contribution in [2.45, 2.75) is 44.0 Å². The number of anilines is 2. The molecule has 166 valence electrons. The summed E-state index contributed by atoms with van der Waals surface area (Å²) in [5, 5.41) is 3.56. The van der Waals surface area contributed by atoms with Crippen LogP contribution in [0.25, 0.3) is 0 Å². The van der Waals surface area contributed by atoms with Gasteiger partial charge in [-0.15, -0.1) is 0 Å². The van der Waals surface area contributed by atoms with Crippen molar-refractivity contribution in [2.75, 3.05) is 10.2 Å². The molecule has 33 heavy (non-hydrogen) atoms. The Morgan fingerprint density at radius 1 is 0.909 bits per heavy atom. The van der Waals surface area contributed by atoms with Gasteiger partial charge in [0.2, 0.25) is 0 Å². The number of carbonyl (C=O) groups is 2. The Balaban J connectivity index is 1.61. The van der Waals surface area contributed by atoms with E-state index in [0.717, 1.165) is 22.6 Å². The van der Waals surface area contributed by atoms with Crippen molar-refractivity contribution >= 4 is 35.0 Å². The molecule has 2 aliphatic rings. The molecule has 1 unspecified atom stereocenters. The fourth-order valence-electron chi connectivity index (χ4n) is 4.33. The average molecular weight is 455 g/mol. The molecule has 0 spiro atoms. The minimum Gasteiger partial charge on any atom is -0.373 e. The van der Waals surface area contributed by atoms with Gasteiger partial charge in [-0.05, 0) is 53.3 Å². The zero-order valence-corrected chi connectivity index (χ0v) is 19.8. The lowest BCUT2D eigenvalue weighted by Gasteiger charge is -2.23. The van der Waals surface area contributed by atoms with E-state index in [2.05, 4.69) is 50.4 Å². The highest BCUT2D eigenvalue weighted by Gasteiger charge is 2.45. The van der Waals surface area contributed by atoms with Crippen molar-refractivity contribution in [1.82, 2.24) is 0 Å². The normalized spacial score (nSPS) is 17.7. The Labute approximate surface area is 198 Å². The Morgan fingerprint density at radius 2 is 1.61 bits per heavy atom. The van der Waals surface area contributed by atoms with E-state index in [4.69, 9.17) is 0 Å². The number of imide groups is 1. The molecule has 4 nitrogen and oxygen atoms in total. The molecule has 1 N–H and O–H groups in total. The predicted molar refractivity (Wildman–Crippen MR) is 135 cm³/mol. The van der Waals surface area contributed by atoms with E-state index in [9.17, 15) is 9.59 Å². The fourth-order valence-corrected chi connectivity index (χ4v) is 5.43. The SMILES string of the molecule is CCc1ccc(N2C(=O)C3=C(C2=O)C(c2ccc(C(C)C)cc2)Nc2ccccc2S3)cc1. The lowest BCUT2D eigenvalue weighted by molar-refractivity contribution is -0.120. The third-order valence-electron chi connectivity index (χ3n) is 6.30. The van der Waals surface area contributed by atoms with Crippen LogP contribution in [0.4, 0.5) is 11.4 Å². The second kappa shape index (κ2) is 8.56. The largest absolute Gasteiger partial charge is 0.373 e. The number of fused-ring (bicyclic) bond motifs is 1. The monoisotopic (exact) mass is 454 g/mol. The molecule has 0 saturated carbocycles. The number of nitrogens with one attached hydrogen (secondary N) is 1. The summed E-state index contributed by atoms with van der Waals surface area (Å²) in [5.74, 6) is -0.0972. The molecule has 0 saturated heterocycles. The van der Waals surface area contributed by atoms with Gasteiger partial charge in [0.1, 0.15) is 0 Å². The second-order valence-corrected chi connectivity index (χ2v) is 9.76. The Bertz CT molecular complexity index is 1260. The molecule has 0 bridgehead atoms. The maximum atomic E-state index is 13.8. The Kier molecular flexibility index (Phi) is 5.59.